The standard InChI is InChI=1S/C18H29N3O2/c1-20-14-18(11-16(20)13-22-2)6-9-21(10-7-18)12-15-5-4-8-19-17(15)23-3/h4-5,8,16H,6-7,9-14H2,1-3H3/t16-/m1/s1. The Bertz CT molecular complexity index is 515. The second-order valence-corrected chi connectivity index (χ2v) is 7.18. The van der Waals surface area contributed by atoms with E-state index in [1.165, 1.54) is 31.4 Å². The molecule has 0 radical (unpaired) electrons. The molecule has 1 aromatic rings. The van der Waals surface area contributed by atoms with Crippen molar-refractivity contribution in [3.05, 3.63) is 23.9 Å². The number of ether oxygens (including phenoxy) is 2. The van der Waals surface area contributed by atoms with E-state index in [9.17, 15) is 0 Å². The van der Waals surface area contributed by atoms with E-state index in [-0.39, 0.29) is 0 Å². The number of aromatic nitrogens is 1. The summed E-state index contributed by atoms with van der Waals surface area (Å²) in [4.78, 5) is 9.33. The first-order valence-electron chi connectivity index (χ1n) is 8.55. The van der Waals surface area contributed by atoms with Gasteiger partial charge in [0.2, 0.25) is 5.88 Å². The first kappa shape index (κ1) is 16.7. The van der Waals surface area contributed by atoms with Crippen LogP contribution in [-0.2, 0) is 11.3 Å². The fourth-order valence-electron chi connectivity index (χ4n) is 4.27. The summed E-state index contributed by atoms with van der Waals surface area (Å²) in [5.74, 6) is 0.758. The number of nitrogens with zero attached hydrogens (tertiary/aromatic N) is 3. The largest absolute Gasteiger partial charge is 0.481 e. The van der Waals surface area contributed by atoms with E-state index >= 15 is 0 Å². The van der Waals surface area contributed by atoms with Crippen molar-refractivity contribution >= 4 is 0 Å². The van der Waals surface area contributed by atoms with Gasteiger partial charge in [0.1, 0.15) is 0 Å². The van der Waals surface area contributed by atoms with Gasteiger partial charge in [-0.2, -0.15) is 0 Å². The molecule has 1 aromatic heterocycles. The van der Waals surface area contributed by atoms with Crippen LogP contribution in [0.25, 0.3) is 0 Å². The number of likely N-dealkylation sites (N-methyl/N-ethyl adjacent to an activating group) is 1. The van der Waals surface area contributed by atoms with Crippen molar-refractivity contribution < 1.29 is 9.47 Å². The first-order valence-corrected chi connectivity index (χ1v) is 8.55. The molecule has 128 valence electrons. The molecule has 0 N–H and O–H groups in total. The quantitative estimate of drug-likeness (QED) is 0.830. The van der Waals surface area contributed by atoms with Gasteiger partial charge in [0, 0.05) is 38.0 Å². The van der Waals surface area contributed by atoms with E-state index < -0.39 is 0 Å². The molecule has 5 heteroatoms. The van der Waals surface area contributed by atoms with Crippen LogP contribution in [0.15, 0.2) is 18.3 Å². The molecule has 0 bridgehead atoms. The number of hydrogen-bond acceptors (Lipinski definition) is 5. The van der Waals surface area contributed by atoms with Crippen molar-refractivity contribution in [1.82, 2.24) is 14.8 Å². The molecule has 0 aliphatic carbocycles. The molecule has 0 aromatic carbocycles. The van der Waals surface area contributed by atoms with Gasteiger partial charge in [0.25, 0.3) is 0 Å². The molecule has 2 aliphatic rings. The molecule has 0 saturated carbocycles. The zero-order chi connectivity index (χ0) is 16.3. The maximum Gasteiger partial charge on any atom is 0.217 e. The van der Waals surface area contributed by atoms with E-state index in [1.54, 1.807) is 13.3 Å². The molecule has 3 heterocycles. The van der Waals surface area contributed by atoms with Crippen molar-refractivity contribution in [1.29, 1.82) is 0 Å². The third-order valence-corrected chi connectivity index (χ3v) is 5.59. The van der Waals surface area contributed by atoms with Crippen LogP contribution >= 0.6 is 0 Å². The van der Waals surface area contributed by atoms with Crippen LogP contribution in [0.5, 0.6) is 5.88 Å². The average molecular weight is 319 g/mol. The van der Waals surface area contributed by atoms with Gasteiger partial charge in [-0.1, -0.05) is 6.07 Å². The number of methoxy groups -OCH3 is 2. The second-order valence-electron chi connectivity index (χ2n) is 7.18. The van der Waals surface area contributed by atoms with Crippen LogP contribution in [0.1, 0.15) is 24.8 Å². The lowest BCUT2D eigenvalue weighted by Crippen LogP contribution is -2.40. The van der Waals surface area contributed by atoms with Gasteiger partial charge < -0.3 is 14.4 Å². The van der Waals surface area contributed by atoms with Crippen molar-refractivity contribution in [3.63, 3.8) is 0 Å². The molecule has 2 fully saturated rings. The first-order chi connectivity index (χ1) is 11.2. The summed E-state index contributed by atoms with van der Waals surface area (Å²) in [6.45, 7) is 5.32. The SMILES string of the molecule is COC[C@H]1CC2(CCN(Cc3cccnc3OC)CC2)CN1C. The predicted molar refractivity (Wildman–Crippen MR) is 90.6 cm³/mol. The van der Waals surface area contributed by atoms with Crippen molar-refractivity contribution in [3.8, 4) is 5.88 Å². The minimum Gasteiger partial charge on any atom is -0.481 e. The number of piperidine rings is 1. The lowest BCUT2D eigenvalue weighted by Gasteiger charge is -2.39. The molecule has 1 atom stereocenters. The van der Waals surface area contributed by atoms with Crippen molar-refractivity contribution in [2.45, 2.75) is 31.8 Å². The highest BCUT2D eigenvalue weighted by Gasteiger charge is 2.43. The van der Waals surface area contributed by atoms with Crippen LogP contribution < -0.4 is 4.74 Å². The molecule has 2 saturated heterocycles. The fourth-order valence-corrected chi connectivity index (χ4v) is 4.27. The van der Waals surface area contributed by atoms with Crippen LogP contribution in [0, 0.1) is 5.41 Å². The lowest BCUT2D eigenvalue weighted by atomic mass is 9.76. The minimum absolute atomic E-state index is 0.494. The zero-order valence-corrected chi connectivity index (χ0v) is 14.6. The van der Waals surface area contributed by atoms with Crippen LogP contribution in [0.3, 0.4) is 0 Å². The lowest BCUT2D eigenvalue weighted by molar-refractivity contribution is 0.104. The van der Waals surface area contributed by atoms with Crippen molar-refractivity contribution in [2.75, 3.05) is 47.5 Å². The van der Waals surface area contributed by atoms with Gasteiger partial charge in [-0.15, -0.1) is 0 Å². The number of rotatable bonds is 5. The van der Waals surface area contributed by atoms with Gasteiger partial charge in [0.05, 0.1) is 13.7 Å². The Kier molecular flexibility index (Phi) is 5.19. The Morgan fingerprint density at radius 3 is 2.78 bits per heavy atom. The average Bonchev–Trinajstić information content (AvgIpc) is 2.86. The minimum atomic E-state index is 0.494. The number of likely N-dealkylation sites (tertiary alicyclic amines) is 2. The molecule has 0 unspecified atom stereocenters. The molecule has 5 nitrogen and oxygen atoms in total. The van der Waals surface area contributed by atoms with E-state index in [0.29, 0.717) is 11.5 Å². The molecule has 2 aliphatic heterocycles. The Morgan fingerprint density at radius 2 is 2.09 bits per heavy atom. The Balaban J connectivity index is 1.57. The monoisotopic (exact) mass is 319 g/mol. The van der Waals surface area contributed by atoms with Crippen molar-refractivity contribution in [2.24, 2.45) is 5.41 Å². The highest BCUT2D eigenvalue weighted by atomic mass is 16.5. The third kappa shape index (κ3) is 3.67. The highest BCUT2D eigenvalue weighted by Crippen LogP contribution is 2.43. The smallest absolute Gasteiger partial charge is 0.217 e. The maximum absolute atomic E-state index is 5.38. The summed E-state index contributed by atoms with van der Waals surface area (Å²) in [6.07, 6.45) is 5.62. The van der Waals surface area contributed by atoms with Gasteiger partial charge in [-0.25, -0.2) is 4.98 Å². The second kappa shape index (κ2) is 7.16. The summed E-state index contributed by atoms with van der Waals surface area (Å²) in [7, 11) is 5.75. The third-order valence-electron chi connectivity index (χ3n) is 5.59. The van der Waals surface area contributed by atoms with E-state index in [2.05, 4.69) is 27.9 Å². The highest BCUT2D eigenvalue weighted by molar-refractivity contribution is 5.25. The summed E-state index contributed by atoms with van der Waals surface area (Å²) in [5.41, 5.74) is 1.68. The summed E-state index contributed by atoms with van der Waals surface area (Å²) < 4.78 is 10.8. The Hall–Kier alpha value is -1.17. The van der Waals surface area contributed by atoms with Crippen LogP contribution in [0.4, 0.5) is 0 Å². The van der Waals surface area contributed by atoms with Crippen LogP contribution in [-0.4, -0.2) is 68.3 Å². The maximum atomic E-state index is 5.38. The van der Waals surface area contributed by atoms with Gasteiger partial charge >= 0.3 is 0 Å². The predicted octanol–water partition coefficient (Wildman–Crippen LogP) is 2.02. The summed E-state index contributed by atoms with van der Waals surface area (Å²) >= 11 is 0. The zero-order valence-electron chi connectivity index (χ0n) is 14.6. The molecular formula is C18H29N3O2. The Labute approximate surface area is 139 Å². The van der Waals surface area contributed by atoms with Gasteiger partial charge in [-0.3, -0.25) is 4.90 Å². The van der Waals surface area contributed by atoms with Gasteiger partial charge in [-0.05, 0) is 50.9 Å². The number of pyridine rings is 1. The van der Waals surface area contributed by atoms with Crippen LogP contribution in [0.2, 0.25) is 0 Å². The van der Waals surface area contributed by atoms with E-state index in [0.717, 1.165) is 32.1 Å². The normalized spacial score (nSPS) is 25.1. The molecule has 3 rings (SSSR count). The van der Waals surface area contributed by atoms with E-state index in [4.69, 9.17) is 9.47 Å². The van der Waals surface area contributed by atoms with Gasteiger partial charge in [0.15, 0.2) is 0 Å². The summed E-state index contributed by atoms with van der Waals surface area (Å²) in [5, 5.41) is 0. The topological polar surface area (TPSA) is 37.8 Å². The Morgan fingerprint density at radius 1 is 1.30 bits per heavy atom. The number of hydrogen-bond donors (Lipinski definition) is 0. The molecular weight excluding hydrogens is 290 g/mol. The molecule has 23 heavy (non-hydrogen) atoms. The summed E-state index contributed by atoms with van der Waals surface area (Å²) in [6, 6.07) is 4.70. The molecule has 0 amide bonds. The fraction of sp³-hybridized carbons (Fsp3) is 0.722. The molecule has 1 spiro atoms. The van der Waals surface area contributed by atoms with E-state index in [1.807, 2.05) is 13.2 Å².